The second kappa shape index (κ2) is 5.87. The fourth-order valence-corrected chi connectivity index (χ4v) is 3.92. The third-order valence-electron chi connectivity index (χ3n) is 5.01. The Kier molecular flexibility index (Phi) is 3.87. The summed E-state index contributed by atoms with van der Waals surface area (Å²) in [5.41, 5.74) is -2.39. The molecule has 5 heteroatoms. The van der Waals surface area contributed by atoms with Gasteiger partial charge in [0.1, 0.15) is 0 Å². The Morgan fingerprint density at radius 1 is 0.846 bits per heavy atom. The minimum atomic E-state index is -3.40. The molecule has 3 aromatic rings. The molecule has 2 nitrogen and oxygen atoms in total. The molecule has 4 rings (SSSR count). The zero-order valence-corrected chi connectivity index (χ0v) is 15.3. The summed E-state index contributed by atoms with van der Waals surface area (Å²) in [4.78, 5) is 1.91. The van der Waals surface area contributed by atoms with Gasteiger partial charge < -0.3 is 10.0 Å². The quantitative estimate of drug-likeness (QED) is 0.647. The number of fused-ring (bicyclic) bond motifs is 3. The van der Waals surface area contributed by atoms with Gasteiger partial charge in [0.05, 0.1) is 0 Å². The van der Waals surface area contributed by atoms with Crippen molar-refractivity contribution < 1.29 is 13.9 Å². The Bertz CT molecular complexity index is 971. The number of hydrogen-bond acceptors (Lipinski definition) is 2. The maximum atomic E-state index is 14.5. The molecule has 0 radical (unpaired) electrons. The predicted octanol–water partition coefficient (Wildman–Crippen LogP) is 5.14. The molecule has 0 aliphatic heterocycles. The van der Waals surface area contributed by atoms with Crippen molar-refractivity contribution in [2.75, 3.05) is 11.9 Å². The molecule has 132 valence electrons. The second-order valence-corrected chi connectivity index (χ2v) is 7.23. The lowest BCUT2D eigenvalue weighted by atomic mass is 9.91. The van der Waals surface area contributed by atoms with E-state index in [1.165, 1.54) is 9.24 Å². The van der Waals surface area contributed by atoms with E-state index in [9.17, 15) is 13.9 Å². The lowest BCUT2D eigenvalue weighted by Gasteiger charge is -2.32. The molecular formula is C21H18F2NOP. The van der Waals surface area contributed by atoms with E-state index in [-0.39, 0.29) is 11.1 Å². The summed E-state index contributed by atoms with van der Waals surface area (Å²) in [5, 5.41) is 11.1. The van der Waals surface area contributed by atoms with Gasteiger partial charge in [-0.15, -0.1) is 0 Å². The molecule has 0 spiro atoms. The molecule has 2 unspecified atom stereocenters. The van der Waals surface area contributed by atoms with Crippen LogP contribution in [0.25, 0.3) is 11.1 Å². The third-order valence-corrected chi connectivity index (χ3v) is 5.43. The molecule has 3 aromatic carbocycles. The lowest BCUT2D eigenvalue weighted by Crippen LogP contribution is -2.40. The molecule has 0 aromatic heterocycles. The van der Waals surface area contributed by atoms with Crippen molar-refractivity contribution in [1.82, 2.24) is 0 Å². The summed E-state index contributed by atoms with van der Waals surface area (Å²) >= 11 is 0. The van der Waals surface area contributed by atoms with Gasteiger partial charge in [0.15, 0.2) is 5.60 Å². The highest BCUT2D eigenvalue weighted by atomic mass is 31.0. The van der Waals surface area contributed by atoms with E-state index in [2.05, 4.69) is 0 Å². The smallest absolute Gasteiger partial charge is 0.295 e. The highest BCUT2D eigenvalue weighted by Crippen LogP contribution is 2.57. The van der Waals surface area contributed by atoms with Crippen LogP contribution in [0.5, 0.6) is 0 Å². The first-order valence-electron chi connectivity index (χ1n) is 8.26. The molecule has 0 fully saturated rings. The number of alkyl halides is 2. The average molecular weight is 369 g/mol. The van der Waals surface area contributed by atoms with Crippen molar-refractivity contribution >= 4 is 20.6 Å². The Morgan fingerprint density at radius 2 is 1.46 bits per heavy atom. The van der Waals surface area contributed by atoms with Crippen LogP contribution >= 0.6 is 9.24 Å². The minimum Gasteiger partial charge on any atom is -0.374 e. The summed E-state index contributed by atoms with van der Waals surface area (Å²) in [6.07, 6.45) is 0. The summed E-state index contributed by atoms with van der Waals surface area (Å²) in [6, 6.07) is 21.8. The molecule has 0 saturated heterocycles. The van der Waals surface area contributed by atoms with E-state index < -0.39 is 11.3 Å². The van der Waals surface area contributed by atoms with Crippen molar-refractivity contribution in [2.45, 2.75) is 11.3 Å². The first-order chi connectivity index (χ1) is 12.3. The SMILES string of the molecule is CN(c1ccccc1)c1ccc2c(c1)C(O)(C(F)(F)P)c1ccccc1-2. The lowest BCUT2D eigenvalue weighted by molar-refractivity contribution is -0.0963. The fraction of sp³-hybridized carbons (Fsp3) is 0.143. The van der Waals surface area contributed by atoms with Crippen molar-refractivity contribution in [3.05, 3.63) is 83.9 Å². The molecule has 1 aliphatic carbocycles. The van der Waals surface area contributed by atoms with Crippen molar-refractivity contribution in [2.24, 2.45) is 0 Å². The molecule has 1 N–H and O–H groups in total. The number of hydrogen-bond donors (Lipinski definition) is 1. The Labute approximate surface area is 153 Å². The van der Waals surface area contributed by atoms with Gasteiger partial charge >= 0.3 is 0 Å². The van der Waals surface area contributed by atoms with Gasteiger partial charge in [-0.1, -0.05) is 57.8 Å². The van der Waals surface area contributed by atoms with Gasteiger partial charge in [-0.3, -0.25) is 0 Å². The van der Waals surface area contributed by atoms with E-state index in [0.717, 1.165) is 11.4 Å². The highest BCUT2D eigenvalue weighted by Gasteiger charge is 2.56. The standard InChI is InChI=1S/C21H18F2NOP/c1-24(14-7-3-2-4-8-14)15-11-12-17-16-9-5-6-10-18(16)20(25,19(17)13-15)21(22,23)26/h2-13,25H,26H2,1H3. The third kappa shape index (κ3) is 2.37. The first-order valence-corrected chi connectivity index (χ1v) is 8.84. The largest absolute Gasteiger partial charge is 0.374 e. The molecule has 0 bridgehead atoms. The second-order valence-electron chi connectivity index (χ2n) is 6.50. The van der Waals surface area contributed by atoms with Gasteiger partial charge in [0.2, 0.25) is 0 Å². The van der Waals surface area contributed by atoms with E-state index in [1.54, 1.807) is 36.4 Å². The van der Waals surface area contributed by atoms with E-state index >= 15 is 0 Å². The van der Waals surface area contributed by atoms with Crippen molar-refractivity contribution in [1.29, 1.82) is 0 Å². The molecular weight excluding hydrogens is 351 g/mol. The van der Waals surface area contributed by atoms with Crippen LogP contribution in [-0.4, -0.2) is 17.8 Å². The maximum Gasteiger partial charge on any atom is 0.295 e. The number of anilines is 2. The van der Waals surface area contributed by atoms with Crippen LogP contribution in [0.1, 0.15) is 11.1 Å². The summed E-state index contributed by atoms with van der Waals surface area (Å²) in [5.74, 6) is 0. The van der Waals surface area contributed by atoms with E-state index in [4.69, 9.17) is 0 Å². The Hall–Kier alpha value is -2.29. The number of halogens is 2. The van der Waals surface area contributed by atoms with Crippen molar-refractivity contribution in [3.8, 4) is 11.1 Å². The van der Waals surface area contributed by atoms with Crippen LogP contribution in [0, 0.1) is 0 Å². The van der Waals surface area contributed by atoms with Gasteiger partial charge in [-0.05, 0) is 35.4 Å². The van der Waals surface area contributed by atoms with Crippen LogP contribution in [-0.2, 0) is 5.60 Å². The summed E-state index contributed by atoms with van der Waals surface area (Å²) in [7, 11) is 3.37. The molecule has 26 heavy (non-hydrogen) atoms. The number of para-hydroxylation sites is 1. The Balaban J connectivity index is 1.91. The van der Waals surface area contributed by atoms with Crippen LogP contribution in [0.15, 0.2) is 72.8 Å². The van der Waals surface area contributed by atoms with Gasteiger partial charge in [-0.25, -0.2) is 0 Å². The van der Waals surface area contributed by atoms with Crippen LogP contribution in [0.4, 0.5) is 20.2 Å². The fourth-order valence-electron chi connectivity index (χ4n) is 3.61. The van der Waals surface area contributed by atoms with Crippen LogP contribution in [0.3, 0.4) is 0 Å². The average Bonchev–Trinajstić information content (AvgIpc) is 2.92. The van der Waals surface area contributed by atoms with Gasteiger partial charge in [-0.2, -0.15) is 8.78 Å². The molecule has 2 atom stereocenters. The maximum absolute atomic E-state index is 14.5. The predicted molar refractivity (Wildman–Crippen MR) is 104 cm³/mol. The zero-order chi connectivity index (χ0) is 18.5. The zero-order valence-electron chi connectivity index (χ0n) is 14.2. The van der Waals surface area contributed by atoms with E-state index in [0.29, 0.717) is 11.1 Å². The number of aliphatic hydroxyl groups is 1. The highest BCUT2D eigenvalue weighted by molar-refractivity contribution is 7.18. The molecule has 1 aliphatic rings. The molecule has 0 saturated carbocycles. The van der Waals surface area contributed by atoms with E-state index in [1.807, 2.05) is 48.3 Å². The normalized spacial score (nSPS) is 18.3. The van der Waals surface area contributed by atoms with Crippen molar-refractivity contribution in [3.63, 3.8) is 0 Å². The monoisotopic (exact) mass is 369 g/mol. The minimum absolute atomic E-state index is 0.221. The first kappa shape index (κ1) is 17.1. The van der Waals surface area contributed by atoms with Crippen LogP contribution in [0.2, 0.25) is 0 Å². The Morgan fingerprint density at radius 3 is 2.15 bits per heavy atom. The number of rotatable bonds is 3. The number of nitrogens with zero attached hydrogens (tertiary/aromatic N) is 1. The topological polar surface area (TPSA) is 23.5 Å². The van der Waals surface area contributed by atoms with Crippen LogP contribution < -0.4 is 4.90 Å². The molecule has 0 amide bonds. The number of benzene rings is 3. The summed E-state index contributed by atoms with van der Waals surface area (Å²) < 4.78 is 29.0. The van der Waals surface area contributed by atoms with Gasteiger partial charge in [0, 0.05) is 29.5 Å². The molecule has 0 heterocycles. The van der Waals surface area contributed by atoms with Gasteiger partial charge in [0.25, 0.3) is 5.66 Å². The summed E-state index contributed by atoms with van der Waals surface area (Å²) in [6.45, 7) is 0.